The highest BCUT2D eigenvalue weighted by molar-refractivity contribution is 6.08. The molecule has 4 heteroatoms. The summed E-state index contributed by atoms with van der Waals surface area (Å²) in [7, 11) is 0. The average Bonchev–Trinajstić information content (AvgIpc) is 2.73. The van der Waals surface area contributed by atoms with Gasteiger partial charge in [-0.2, -0.15) is 0 Å². The molecule has 0 unspecified atom stereocenters. The van der Waals surface area contributed by atoms with E-state index in [1.807, 2.05) is 36.4 Å². The molecule has 0 radical (unpaired) electrons. The average molecular weight is 269 g/mol. The molecule has 0 fully saturated rings. The number of benzene rings is 2. The van der Waals surface area contributed by atoms with E-state index in [0.29, 0.717) is 16.8 Å². The topological polar surface area (TPSA) is 62.0 Å². The van der Waals surface area contributed by atoms with Crippen LogP contribution < -0.4 is 0 Å². The van der Waals surface area contributed by atoms with Crippen LogP contribution >= 0.6 is 0 Å². The van der Waals surface area contributed by atoms with Gasteiger partial charge in [-0.15, -0.1) is 0 Å². The third-order valence-corrected chi connectivity index (χ3v) is 3.57. The molecule has 20 heavy (non-hydrogen) atoms. The summed E-state index contributed by atoms with van der Waals surface area (Å²) in [6.45, 7) is 1.40. The Bertz CT molecular complexity index is 637. The lowest BCUT2D eigenvalue weighted by molar-refractivity contribution is -0.251. The van der Waals surface area contributed by atoms with Crippen LogP contribution in [0.5, 0.6) is 0 Å². The van der Waals surface area contributed by atoms with Crippen molar-refractivity contribution in [3.05, 3.63) is 71.8 Å². The van der Waals surface area contributed by atoms with Crippen LogP contribution in [0.25, 0.3) is 0 Å². The van der Waals surface area contributed by atoms with Gasteiger partial charge in [-0.3, -0.25) is 0 Å². The molecule has 0 saturated carbocycles. The SMILES string of the molecule is C[C@]1(O)ON=C(c2ccccc2)[C@]1(O)c1ccccc1. The van der Waals surface area contributed by atoms with Crippen LogP contribution in [-0.2, 0) is 10.4 Å². The fraction of sp³-hybridized carbons (Fsp3) is 0.188. The van der Waals surface area contributed by atoms with Gasteiger partial charge in [0.15, 0.2) is 0 Å². The molecule has 102 valence electrons. The first-order valence-corrected chi connectivity index (χ1v) is 6.38. The zero-order valence-electron chi connectivity index (χ0n) is 11.0. The van der Waals surface area contributed by atoms with Crippen LogP contribution in [0.2, 0.25) is 0 Å². The van der Waals surface area contributed by atoms with Gasteiger partial charge in [0.1, 0.15) is 5.71 Å². The second-order valence-electron chi connectivity index (χ2n) is 4.96. The lowest BCUT2D eigenvalue weighted by atomic mass is 9.80. The predicted octanol–water partition coefficient (Wildman–Crippen LogP) is 2.02. The highest BCUT2D eigenvalue weighted by atomic mass is 16.7. The number of hydrogen-bond donors (Lipinski definition) is 2. The number of nitrogens with zero attached hydrogens (tertiary/aromatic N) is 1. The van der Waals surface area contributed by atoms with Crippen molar-refractivity contribution < 1.29 is 15.1 Å². The molecule has 0 bridgehead atoms. The Labute approximate surface area is 116 Å². The van der Waals surface area contributed by atoms with Crippen LogP contribution in [-0.4, -0.2) is 21.7 Å². The summed E-state index contributed by atoms with van der Waals surface area (Å²) in [5.74, 6) is -1.82. The molecular weight excluding hydrogens is 254 g/mol. The molecule has 4 nitrogen and oxygen atoms in total. The Morgan fingerprint density at radius 3 is 2.05 bits per heavy atom. The van der Waals surface area contributed by atoms with Crippen LogP contribution in [0, 0.1) is 0 Å². The van der Waals surface area contributed by atoms with Crippen LogP contribution in [0.1, 0.15) is 18.1 Å². The van der Waals surface area contributed by atoms with Gasteiger partial charge in [-0.05, 0) is 5.56 Å². The van der Waals surface area contributed by atoms with E-state index in [1.165, 1.54) is 6.92 Å². The monoisotopic (exact) mass is 269 g/mol. The molecule has 1 heterocycles. The second kappa shape index (κ2) is 4.44. The van der Waals surface area contributed by atoms with Gasteiger partial charge in [0.05, 0.1) is 0 Å². The molecule has 3 rings (SSSR count). The smallest absolute Gasteiger partial charge is 0.270 e. The maximum Gasteiger partial charge on any atom is 0.270 e. The van der Waals surface area contributed by atoms with Crippen molar-refractivity contribution in [2.75, 3.05) is 0 Å². The first kappa shape index (κ1) is 12.8. The van der Waals surface area contributed by atoms with Gasteiger partial charge < -0.3 is 15.1 Å². The largest absolute Gasteiger partial charge is 0.373 e. The summed E-state index contributed by atoms with van der Waals surface area (Å²) in [4.78, 5) is 5.07. The van der Waals surface area contributed by atoms with Crippen molar-refractivity contribution in [3.63, 3.8) is 0 Å². The highest BCUT2D eigenvalue weighted by Crippen LogP contribution is 2.42. The Balaban J connectivity index is 2.17. The first-order valence-electron chi connectivity index (χ1n) is 6.38. The van der Waals surface area contributed by atoms with Gasteiger partial charge in [0.2, 0.25) is 5.60 Å². The molecule has 2 atom stereocenters. The minimum atomic E-state index is -1.82. The van der Waals surface area contributed by atoms with E-state index in [2.05, 4.69) is 5.16 Å². The maximum absolute atomic E-state index is 11.1. The number of oxime groups is 1. The molecular formula is C16H15NO3. The van der Waals surface area contributed by atoms with Crippen LogP contribution in [0.4, 0.5) is 0 Å². The third kappa shape index (κ3) is 1.73. The van der Waals surface area contributed by atoms with E-state index >= 15 is 0 Å². The number of aliphatic hydroxyl groups is 2. The highest BCUT2D eigenvalue weighted by Gasteiger charge is 2.58. The quantitative estimate of drug-likeness (QED) is 0.876. The fourth-order valence-electron chi connectivity index (χ4n) is 2.43. The van der Waals surface area contributed by atoms with Gasteiger partial charge in [-0.25, -0.2) is 0 Å². The van der Waals surface area contributed by atoms with Gasteiger partial charge in [0, 0.05) is 12.5 Å². The van der Waals surface area contributed by atoms with Gasteiger partial charge in [-0.1, -0.05) is 65.8 Å². The molecule has 2 aromatic rings. The van der Waals surface area contributed by atoms with E-state index < -0.39 is 11.4 Å². The van der Waals surface area contributed by atoms with Crippen molar-refractivity contribution in [2.24, 2.45) is 5.16 Å². The van der Waals surface area contributed by atoms with Crippen molar-refractivity contribution in [1.82, 2.24) is 0 Å². The standard InChI is InChI=1S/C16H15NO3/c1-15(18)16(19,13-10-6-3-7-11-13)14(17-20-15)12-8-4-2-5-9-12/h2-11,18-19H,1H3/t15-,16+/m0/s1. The Morgan fingerprint density at radius 2 is 1.45 bits per heavy atom. The fourth-order valence-corrected chi connectivity index (χ4v) is 2.43. The number of rotatable bonds is 2. The molecule has 2 N–H and O–H groups in total. The van der Waals surface area contributed by atoms with Crippen molar-refractivity contribution >= 4 is 5.71 Å². The lowest BCUT2D eigenvalue weighted by Crippen LogP contribution is -2.52. The second-order valence-corrected chi connectivity index (χ2v) is 4.96. The Morgan fingerprint density at radius 1 is 0.900 bits per heavy atom. The zero-order chi connectivity index (χ0) is 14.2. The molecule has 1 aliphatic heterocycles. The van der Waals surface area contributed by atoms with Crippen molar-refractivity contribution in [3.8, 4) is 0 Å². The molecule has 1 aliphatic rings. The summed E-state index contributed by atoms with van der Waals surface area (Å²) in [6, 6.07) is 18.1. The van der Waals surface area contributed by atoms with Gasteiger partial charge >= 0.3 is 0 Å². The normalized spacial score (nSPS) is 28.9. The van der Waals surface area contributed by atoms with Crippen LogP contribution in [0.3, 0.4) is 0 Å². The minimum absolute atomic E-state index is 0.300. The van der Waals surface area contributed by atoms with Crippen LogP contribution in [0.15, 0.2) is 65.8 Å². The minimum Gasteiger partial charge on any atom is -0.373 e. The summed E-state index contributed by atoms with van der Waals surface area (Å²) < 4.78 is 0. The zero-order valence-corrected chi connectivity index (χ0v) is 11.0. The summed E-state index contributed by atoms with van der Waals surface area (Å²) >= 11 is 0. The predicted molar refractivity (Wildman–Crippen MR) is 75.0 cm³/mol. The Hall–Kier alpha value is -2.17. The first-order chi connectivity index (χ1) is 9.56. The van der Waals surface area contributed by atoms with Gasteiger partial charge in [0.25, 0.3) is 5.79 Å². The van der Waals surface area contributed by atoms with Crippen molar-refractivity contribution in [2.45, 2.75) is 18.3 Å². The molecule has 2 aromatic carbocycles. The van der Waals surface area contributed by atoms with E-state index in [-0.39, 0.29) is 0 Å². The van der Waals surface area contributed by atoms with E-state index in [4.69, 9.17) is 4.84 Å². The van der Waals surface area contributed by atoms with Crippen molar-refractivity contribution in [1.29, 1.82) is 0 Å². The molecule has 0 amide bonds. The summed E-state index contributed by atoms with van der Waals surface area (Å²) in [6.07, 6.45) is 0. The Kier molecular flexibility index (Phi) is 2.85. The molecule has 0 aromatic heterocycles. The van der Waals surface area contributed by atoms with E-state index in [9.17, 15) is 10.2 Å². The third-order valence-electron chi connectivity index (χ3n) is 3.57. The molecule has 0 saturated heterocycles. The van der Waals surface area contributed by atoms with E-state index in [0.717, 1.165) is 0 Å². The van der Waals surface area contributed by atoms with E-state index in [1.54, 1.807) is 24.3 Å². The molecule has 0 aliphatic carbocycles. The molecule has 0 spiro atoms. The summed E-state index contributed by atoms with van der Waals surface area (Å²) in [5.41, 5.74) is -0.175. The maximum atomic E-state index is 11.1. The number of hydrogen-bond acceptors (Lipinski definition) is 4. The summed E-state index contributed by atoms with van der Waals surface area (Å²) in [5, 5.41) is 25.4. The lowest BCUT2D eigenvalue weighted by Gasteiger charge is -2.33.